The number of hydrogen-bond donors (Lipinski definition) is 0. The van der Waals surface area contributed by atoms with E-state index in [9.17, 15) is 17.2 Å². The number of benzene rings is 1. The minimum atomic E-state index is -3.95. The monoisotopic (exact) mass is 280 g/mol. The molecule has 0 saturated heterocycles. The quantitative estimate of drug-likeness (QED) is 0.750. The molecule has 4 nitrogen and oxygen atoms in total. The van der Waals surface area contributed by atoms with Crippen LogP contribution in [-0.4, -0.2) is 27.7 Å². The second-order valence-electron chi connectivity index (χ2n) is 3.77. The minimum absolute atomic E-state index is 0.0167. The third-order valence-corrected chi connectivity index (χ3v) is 3.49. The van der Waals surface area contributed by atoms with Crippen molar-refractivity contribution in [2.75, 3.05) is 6.61 Å². The molecule has 0 aliphatic carbocycles. The zero-order valence-electron chi connectivity index (χ0n) is 9.97. The van der Waals surface area contributed by atoms with Crippen molar-refractivity contribution in [3.8, 4) is 0 Å². The molecular formula is C11H14F2O4S. The van der Waals surface area contributed by atoms with Crippen molar-refractivity contribution in [3.63, 3.8) is 0 Å². The van der Waals surface area contributed by atoms with E-state index in [1.165, 1.54) is 19.1 Å². The van der Waals surface area contributed by atoms with Crippen LogP contribution in [0.2, 0.25) is 0 Å². The first-order chi connectivity index (χ1) is 8.31. The molecule has 7 heteroatoms. The van der Waals surface area contributed by atoms with Gasteiger partial charge < -0.3 is 4.74 Å². The van der Waals surface area contributed by atoms with E-state index in [1.807, 2.05) is 6.92 Å². The van der Waals surface area contributed by atoms with Crippen LogP contribution in [0.15, 0.2) is 29.2 Å². The Balaban J connectivity index is 2.67. The summed E-state index contributed by atoms with van der Waals surface area (Å²) in [6, 6.07) is 6.03. The van der Waals surface area contributed by atoms with E-state index in [0.29, 0.717) is 0 Å². The second kappa shape index (κ2) is 6.21. The first kappa shape index (κ1) is 15.0. The van der Waals surface area contributed by atoms with Crippen molar-refractivity contribution in [2.45, 2.75) is 31.5 Å². The van der Waals surface area contributed by atoms with Gasteiger partial charge in [-0.15, -0.1) is 0 Å². The van der Waals surface area contributed by atoms with E-state index < -0.39 is 29.4 Å². The van der Waals surface area contributed by atoms with Crippen molar-refractivity contribution in [1.82, 2.24) is 0 Å². The topological polar surface area (TPSA) is 52.6 Å². The fourth-order valence-electron chi connectivity index (χ4n) is 1.21. The van der Waals surface area contributed by atoms with Gasteiger partial charge in [0, 0.05) is 0 Å². The predicted molar refractivity (Wildman–Crippen MR) is 60.9 cm³/mol. The zero-order chi connectivity index (χ0) is 13.8. The van der Waals surface area contributed by atoms with Crippen molar-refractivity contribution < 1.29 is 26.1 Å². The average molecular weight is 280 g/mol. The summed E-state index contributed by atoms with van der Waals surface area (Å²) in [4.78, 5) is -0.0167. The maximum Gasteiger partial charge on any atom is 0.345 e. The molecule has 1 aromatic carbocycles. The average Bonchev–Trinajstić information content (AvgIpc) is 2.26. The van der Waals surface area contributed by atoms with Gasteiger partial charge in [-0.25, -0.2) is 0 Å². The van der Waals surface area contributed by atoms with Crippen LogP contribution >= 0.6 is 0 Å². The first-order valence-electron chi connectivity index (χ1n) is 5.21. The fraction of sp³-hybridized carbons (Fsp3) is 0.455. The molecule has 0 radical (unpaired) electrons. The Hall–Kier alpha value is -1.05. The van der Waals surface area contributed by atoms with Crippen molar-refractivity contribution in [1.29, 1.82) is 0 Å². The summed E-state index contributed by atoms with van der Waals surface area (Å²) in [5.74, 6) is 0. The standard InChI is InChI=1S/C11H14F2O4S/c1-8-3-5-10(6-4-8)18(14,15)17-9(2)7-16-11(12)13/h3-6,9,11H,7H2,1-2H3. The number of hydrogen-bond acceptors (Lipinski definition) is 4. The van der Waals surface area contributed by atoms with Crippen molar-refractivity contribution in [2.24, 2.45) is 0 Å². The third-order valence-electron chi connectivity index (χ3n) is 2.06. The van der Waals surface area contributed by atoms with E-state index in [4.69, 9.17) is 4.18 Å². The van der Waals surface area contributed by atoms with Gasteiger partial charge in [0.15, 0.2) is 0 Å². The van der Waals surface area contributed by atoms with Crippen LogP contribution in [0.1, 0.15) is 12.5 Å². The smallest absolute Gasteiger partial charge is 0.320 e. The summed E-state index contributed by atoms with van der Waals surface area (Å²) >= 11 is 0. The predicted octanol–water partition coefficient (Wildman–Crippen LogP) is 2.33. The van der Waals surface area contributed by atoms with Gasteiger partial charge in [-0.1, -0.05) is 17.7 Å². The van der Waals surface area contributed by atoms with Gasteiger partial charge >= 0.3 is 6.61 Å². The van der Waals surface area contributed by atoms with Gasteiger partial charge in [0.2, 0.25) is 0 Å². The summed E-state index contributed by atoms with van der Waals surface area (Å²) in [5, 5.41) is 0. The number of halogens is 2. The van der Waals surface area contributed by atoms with Gasteiger partial charge in [0.05, 0.1) is 17.6 Å². The second-order valence-corrected chi connectivity index (χ2v) is 5.34. The molecule has 1 aromatic rings. The van der Waals surface area contributed by atoms with Crippen LogP contribution in [0.5, 0.6) is 0 Å². The lowest BCUT2D eigenvalue weighted by atomic mass is 10.2. The molecule has 1 rings (SSSR count). The summed E-state index contributed by atoms with van der Waals surface area (Å²) in [6.45, 7) is -0.286. The van der Waals surface area contributed by atoms with Crippen LogP contribution < -0.4 is 0 Å². The highest BCUT2D eigenvalue weighted by molar-refractivity contribution is 7.86. The molecule has 0 N–H and O–H groups in total. The Bertz CT molecular complexity index is 470. The zero-order valence-corrected chi connectivity index (χ0v) is 10.8. The summed E-state index contributed by atoms with van der Waals surface area (Å²) in [7, 11) is -3.95. The van der Waals surface area contributed by atoms with Crippen LogP contribution in [0.4, 0.5) is 8.78 Å². The highest BCUT2D eigenvalue weighted by Gasteiger charge is 2.19. The summed E-state index contributed by atoms with van der Waals surface area (Å²) < 4.78 is 55.7. The fourth-order valence-corrected chi connectivity index (χ4v) is 2.28. The molecule has 18 heavy (non-hydrogen) atoms. The van der Waals surface area contributed by atoms with Crippen LogP contribution in [0.25, 0.3) is 0 Å². The molecule has 0 heterocycles. The SMILES string of the molecule is Cc1ccc(S(=O)(=O)OC(C)COC(F)F)cc1. The molecule has 0 aliphatic heterocycles. The van der Waals surface area contributed by atoms with Gasteiger partial charge in [-0.05, 0) is 26.0 Å². The molecule has 1 atom stereocenters. The van der Waals surface area contributed by atoms with E-state index >= 15 is 0 Å². The van der Waals surface area contributed by atoms with Gasteiger partial charge in [0.1, 0.15) is 0 Å². The summed E-state index contributed by atoms with van der Waals surface area (Å²) in [6.07, 6.45) is -0.981. The van der Waals surface area contributed by atoms with Gasteiger partial charge in [0.25, 0.3) is 10.1 Å². The largest absolute Gasteiger partial charge is 0.345 e. The third kappa shape index (κ3) is 4.67. The Kier molecular flexibility index (Phi) is 5.18. The van der Waals surface area contributed by atoms with Gasteiger partial charge in [-0.2, -0.15) is 17.2 Å². The normalized spacial score (nSPS) is 13.8. The number of ether oxygens (including phenoxy) is 1. The summed E-state index contributed by atoms with van der Waals surface area (Å²) in [5.41, 5.74) is 0.906. The Morgan fingerprint density at radius 3 is 2.28 bits per heavy atom. The molecule has 1 unspecified atom stereocenters. The molecule has 0 bridgehead atoms. The molecule has 0 saturated carbocycles. The van der Waals surface area contributed by atoms with E-state index in [0.717, 1.165) is 5.56 Å². The minimum Gasteiger partial charge on any atom is -0.320 e. The highest BCUT2D eigenvalue weighted by atomic mass is 32.2. The molecule has 0 amide bonds. The Morgan fingerprint density at radius 2 is 1.78 bits per heavy atom. The molecule has 0 aromatic heterocycles. The molecular weight excluding hydrogens is 266 g/mol. The van der Waals surface area contributed by atoms with E-state index in [2.05, 4.69) is 4.74 Å². The number of aryl methyl sites for hydroxylation is 1. The van der Waals surface area contributed by atoms with Crippen LogP contribution in [0, 0.1) is 6.92 Å². The first-order valence-corrected chi connectivity index (χ1v) is 6.62. The lowest BCUT2D eigenvalue weighted by molar-refractivity contribution is -0.142. The number of alkyl halides is 2. The van der Waals surface area contributed by atoms with Crippen molar-refractivity contribution >= 4 is 10.1 Å². The highest BCUT2D eigenvalue weighted by Crippen LogP contribution is 2.15. The van der Waals surface area contributed by atoms with Gasteiger partial charge in [-0.3, -0.25) is 4.18 Å². The maximum atomic E-state index is 11.8. The van der Waals surface area contributed by atoms with E-state index in [-0.39, 0.29) is 4.90 Å². The Labute approximate surface area is 105 Å². The molecule has 102 valence electrons. The van der Waals surface area contributed by atoms with E-state index in [1.54, 1.807) is 12.1 Å². The maximum absolute atomic E-state index is 11.8. The van der Waals surface area contributed by atoms with Crippen LogP contribution in [0.3, 0.4) is 0 Å². The molecule has 0 fully saturated rings. The molecule has 0 aliphatic rings. The van der Waals surface area contributed by atoms with Crippen molar-refractivity contribution in [3.05, 3.63) is 29.8 Å². The van der Waals surface area contributed by atoms with Crippen LogP contribution in [-0.2, 0) is 19.0 Å². The lowest BCUT2D eigenvalue weighted by Crippen LogP contribution is -2.22. The lowest BCUT2D eigenvalue weighted by Gasteiger charge is -2.13. The Morgan fingerprint density at radius 1 is 1.22 bits per heavy atom. The molecule has 0 spiro atoms. The number of rotatable bonds is 6.